The van der Waals surface area contributed by atoms with Crippen LogP contribution in [0.5, 0.6) is 0 Å². The number of fused-ring (bicyclic) bond motifs is 1. The van der Waals surface area contributed by atoms with Gasteiger partial charge in [0.1, 0.15) is 0 Å². The maximum atomic E-state index is 8.74. The Labute approximate surface area is 139 Å². The number of hydrogen-bond acceptors (Lipinski definition) is 1. The first-order valence-electron chi connectivity index (χ1n) is 8.27. The lowest BCUT2D eigenvalue weighted by Crippen LogP contribution is -2.21. The second-order valence-electron chi connectivity index (χ2n) is 7.70. The standard InChI is InChI=1S/C22H25N/c1-14-10-15(2)18(11-14)19-12-16-8-6-7-9-17(16)13-20(19)21(23)22(3,4)5/h6-10,12-13,23H,11H2,1-5H3. The van der Waals surface area contributed by atoms with E-state index in [0.717, 1.165) is 12.0 Å². The third kappa shape index (κ3) is 2.88. The van der Waals surface area contributed by atoms with Gasteiger partial charge in [-0.05, 0) is 59.9 Å². The molecule has 0 aromatic heterocycles. The molecule has 23 heavy (non-hydrogen) atoms. The summed E-state index contributed by atoms with van der Waals surface area (Å²) in [7, 11) is 0. The van der Waals surface area contributed by atoms with Gasteiger partial charge in [-0.25, -0.2) is 0 Å². The summed E-state index contributed by atoms with van der Waals surface area (Å²) in [4.78, 5) is 0. The molecule has 1 aliphatic carbocycles. The summed E-state index contributed by atoms with van der Waals surface area (Å²) in [5, 5.41) is 11.2. The van der Waals surface area contributed by atoms with E-state index < -0.39 is 0 Å². The highest BCUT2D eigenvalue weighted by molar-refractivity contribution is 6.09. The zero-order valence-corrected chi connectivity index (χ0v) is 14.7. The van der Waals surface area contributed by atoms with Gasteiger partial charge in [-0.2, -0.15) is 0 Å². The first kappa shape index (κ1) is 15.7. The predicted molar refractivity (Wildman–Crippen MR) is 101 cm³/mol. The molecule has 0 saturated carbocycles. The van der Waals surface area contributed by atoms with Crippen molar-refractivity contribution in [2.75, 3.05) is 0 Å². The molecule has 0 fully saturated rings. The molecule has 0 spiro atoms. The second-order valence-corrected chi connectivity index (χ2v) is 7.70. The van der Waals surface area contributed by atoms with Crippen LogP contribution in [0.25, 0.3) is 16.3 Å². The smallest absolute Gasteiger partial charge is 0.0445 e. The minimum Gasteiger partial charge on any atom is -0.304 e. The Morgan fingerprint density at radius 3 is 2.13 bits per heavy atom. The van der Waals surface area contributed by atoms with Crippen molar-refractivity contribution < 1.29 is 0 Å². The number of allylic oxidation sites excluding steroid dienone is 4. The number of benzene rings is 2. The van der Waals surface area contributed by atoms with Crippen LogP contribution in [0.4, 0.5) is 0 Å². The average molecular weight is 303 g/mol. The monoisotopic (exact) mass is 303 g/mol. The molecular weight excluding hydrogens is 278 g/mol. The summed E-state index contributed by atoms with van der Waals surface area (Å²) in [6.07, 6.45) is 3.27. The molecule has 1 heteroatoms. The minimum atomic E-state index is -0.160. The van der Waals surface area contributed by atoms with Crippen LogP contribution in [0.2, 0.25) is 0 Å². The number of nitrogens with one attached hydrogen (secondary N) is 1. The van der Waals surface area contributed by atoms with Crippen LogP contribution in [0, 0.1) is 10.8 Å². The first-order valence-corrected chi connectivity index (χ1v) is 8.27. The third-order valence-corrected chi connectivity index (χ3v) is 4.62. The van der Waals surface area contributed by atoms with Gasteiger partial charge in [0, 0.05) is 16.7 Å². The van der Waals surface area contributed by atoms with Gasteiger partial charge >= 0.3 is 0 Å². The Morgan fingerprint density at radius 2 is 1.61 bits per heavy atom. The van der Waals surface area contributed by atoms with Crippen LogP contribution in [-0.2, 0) is 0 Å². The van der Waals surface area contributed by atoms with Crippen molar-refractivity contribution >= 4 is 22.1 Å². The van der Waals surface area contributed by atoms with Crippen LogP contribution < -0.4 is 0 Å². The molecule has 3 rings (SSSR count). The van der Waals surface area contributed by atoms with Crippen molar-refractivity contribution in [3.8, 4) is 0 Å². The summed E-state index contributed by atoms with van der Waals surface area (Å²) >= 11 is 0. The lowest BCUT2D eigenvalue weighted by molar-refractivity contribution is 0.588. The highest BCUT2D eigenvalue weighted by Gasteiger charge is 2.24. The minimum absolute atomic E-state index is 0.160. The summed E-state index contributed by atoms with van der Waals surface area (Å²) in [6, 6.07) is 12.9. The van der Waals surface area contributed by atoms with Crippen molar-refractivity contribution in [3.63, 3.8) is 0 Å². The Morgan fingerprint density at radius 1 is 1.00 bits per heavy atom. The molecule has 0 heterocycles. The fourth-order valence-electron chi connectivity index (χ4n) is 3.33. The topological polar surface area (TPSA) is 23.9 Å². The fraction of sp³-hybridized carbons (Fsp3) is 0.318. The van der Waals surface area contributed by atoms with E-state index in [1.807, 2.05) is 0 Å². The normalized spacial score (nSPS) is 15.3. The molecular formula is C22H25N. The second kappa shape index (κ2) is 5.49. The lowest BCUT2D eigenvalue weighted by atomic mass is 9.81. The third-order valence-electron chi connectivity index (χ3n) is 4.62. The van der Waals surface area contributed by atoms with E-state index in [9.17, 15) is 0 Å². The van der Waals surface area contributed by atoms with Crippen molar-refractivity contribution in [3.05, 3.63) is 64.7 Å². The van der Waals surface area contributed by atoms with Crippen LogP contribution in [0.15, 0.2) is 53.6 Å². The molecule has 0 bridgehead atoms. The first-order chi connectivity index (χ1) is 10.8. The van der Waals surface area contributed by atoms with Crippen molar-refractivity contribution in [2.24, 2.45) is 5.41 Å². The van der Waals surface area contributed by atoms with E-state index in [2.05, 4.69) is 77.1 Å². The zero-order valence-electron chi connectivity index (χ0n) is 14.7. The average Bonchev–Trinajstić information content (AvgIpc) is 2.82. The van der Waals surface area contributed by atoms with E-state index in [1.165, 1.54) is 33.1 Å². The van der Waals surface area contributed by atoms with Crippen molar-refractivity contribution in [1.82, 2.24) is 0 Å². The largest absolute Gasteiger partial charge is 0.304 e. The van der Waals surface area contributed by atoms with Gasteiger partial charge in [-0.3, -0.25) is 0 Å². The van der Waals surface area contributed by atoms with Gasteiger partial charge in [0.15, 0.2) is 0 Å². The summed E-state index contributed by atoms with van der Waals surface area (Å²) in [5.41, 5.74) is 6.97. The van der Waals surface area contributed by atoms with Crippen molar-refractivity contribution in [1.29, 1.82) is 5.41 Å². The zero-order chi connectivity index (χ0) is 16.8. The summed E-state index contributed by atoms with van der Waals surface area (Å²) in [5.74, 6) is 0. The maximum Gasteiger partial charge on any atom is 0.0445 e. The lowest BCUT2D eigenvalue weighted by Gasteiger charge is -2.24. The number of rotatable bonds is 2. The Hall–Kier alpha value is -2.15. The van der Waals surface area contributed by atoms with Crippen molar-refractivity contribution in [2.45, 2.75) is 41.0 Å². The molecule has 0 atom stereocenters. The fourth-order valence-corrected chi connectivity index (χ4v) is 3.33. The Balaban J connectivity index is 2.27. The molecule has 118 valence electrons. The van der Waals surface area contributed by atoms with Gasteiger partial charge in [-0.15, -0.1) is 0 Å². The molecule has 0 radical (unpaired) electrons. The Kier molecular flexibility index (Phi) is 3.75. The molecule has 1 nitrogen and oxygen atoms in total. The highest BCUT2D eigenvalue weighted by atomic mass is 14.5. The van der Waals surface area contributed by atoms with Crippen LogP contribution in [0.3, 0.4) is 0 Å². The molecule has 2 aromatic rings. The quantitative estimate of drug-likeness (QED) is 0.623. The molecule has 2 aromatic carbocycles. The highest BCUT2D eigenvalue weighted by Crippen LogP contribution is 2.38. The molecule has 1 aliphatic rings. The van der Waals surface area contributed by atoms with E-state index in [-0.39, 0.29) is 5.41 Å². The van der Waals surface area contributed by atoms with Crippen LogP contribution in [-0.4, -0.2) is 5.71 Å². The van der Waals surface area contributed by atoms with Gasteiger partial charge < -0.3 is 5.41 Å². The molecule has 0 saturated heterocycles. The van der Waals surface area contributed by atoms with Gasteiger partial charge in [0.05, 0.1) is 0 Å². The molecule has 1 N–H and O–H groups in total. The Bertz CT molecular complexity index is 857. The summed E-state index contributed by atoms with van der Waals surface area (Å²) in [6.45, 7) is 10.7. The summed E-state index contributed by atoms with van der Waals surface area (Å²) < 4.78 is 0. The van der Waals surface area contributed by atoms with E-state index in [4.69, 9.17) is 5.41 Å². The van der Waals surface area contributed by atoms with Gasteiger partial charge in [0.25, 0.3) is 0 Å². The van der Waals surface area contributed by atoms with Crippen LogP contribution in [0.1, 0.15) is 52.2 Å². The molecule has 0 aliphatic heterocycles. The van der Waals surface area contributed by atoms with Gasteiger partial charge in [0.2, 0.25) is 0 Å². The SMILES string of the molecule is CC1=CC(C)=C(c2cc3ccccc3cc2C(=N)C(C)(C)C)C1. The number of hydrogen-bond donors (Lipinski definition) is 1. The van der Waals surface area contributed by atoms with Crippen LogP contribution >= 0.6 is 0 Å². The van der Waals surface area contributed by atoms with E-state index in [1.54, 1.807) is 0 Å². The maximum absolute atomic E-state index is 8.74. The van der Waals surface area contributed by atoms with E-state index >= 15 is 0 Å². The van der Waals surface area contributed by atoms with E-state index in [0.29, 0.717) is 5.71 Å². The predicted octanol–water partition coefficient (Wildman–Crippen LogP) is 6.38. The molecule has 0 amide bonds. The van der Waals surface area contributed by atoms with Gasteiger partial charge in [-0.1, -0.05) is 56.7 Å². The molecule has 0 unspecified atom stereocenters.